The lowest BCUT2D eigenvalue weighted by atomic mass is 10.1. The number of hydrogen-bond acceptors (Lipinski definition) is 15. The third kappa shape index (κ3) is 68.8. The van der Waals surface area contributed by atoms with Gasteiger partial charge in [-0.2, -0.15) is 0 Å². The van der Waals surface area contributed by atoms with Gasteiger partial charge in [0, 0.05) is 25.7 Å². The maximum Gasteiger partial charge on any atom is 0.472 e. The van der Waals surface area contributed by atoms with E-state index in [-0.39, 0.29) is 25.7 Å². The fourth-order valence-electron chi connectivity index (χ4n) is 10.0. The molecule has 0 aliphatic heterocycles. The summed E-state index contributed by atoms with van der Waals surface area (Å²) in [5, 5.41) is 10.6. The lowest BCUT2D eigenvalue weighted by molar-refractivity contribution is -0.161. The molecule has 0 heterocycles. The van der Waals surface area contributed by atoms with Crippen molar-refractivity contribution in [2.75, 3.05) is 39.6 Å². The summed E-state index contributed by atoms with van der Waals surface area (Å²) in [7, 11) is -9.95. The molecule has 0 spiro atoms. The van der Waals surface area contributed by atoms with Gasteiger partial charge >= 0.3 is 39.5 Å². The second kappa shape index (κ2) is 69.7. The molecule has 0 saturated heterocycles. The normalized spacial score (nSPS) is 14.4. The third-order valence-electron chi connectivity index (χ3n) is 15.8. The minimum Gasteiger partial charge on any atom is -0.462 e. The summed E-state index contributed by atoms with van der Waals surface area (Å²) in [6.07, 6.45) is 70.1. The van der Waals surface area contributed by atoms with Crippen LogP contribution in [-0.4, -0.2) is 96.7 Å². The molecule has 0 amide bonds. The summed E-state index contributed by atoms with van der Waals surface area (Å²) < 4.78 is 68.4. The lowest BCUT2D eigenvalue weighted by Gasteiger charge is -2.21. The van der Waals surface area contributed by atoms with Gasteiger partial charge in [-0.1, -0.05) is 248 Å². The fourth-order valence-corrected chi connectivity index (χ4v) is 11.6. The monoisotopic (exact) mass is 1390 g/mol. The molecular formula is C77H136O17P2. The molecule has 0 aromatic carbocycles. The number of esters is 4. The Hall–Kier alpha value is -3.76. The first kappa shape index (κ1) is 92.2. The van der Waals surface area contributed by atoms with Crippen molar-refractivity contribution >= 4 is 39.5 Å². The Balaban J connectivity index is 5.35. The Kier molecular flexibility index (Phi) is 67.0. The highest BCUT2D eigenvalue weighted by Gasteiger charge is 2.30. The van der Waals surface area contributed by atoms with Crippen LogP contribution >= 0.6 is 15.6 Å². The molecule has 0 aliphatic rings. The zero-order chi connectivity index (χ0) is 70.4. The van der Waals surface area contributed by atoms with Crippen LogP contribution in [0.1, 0.15) is 323 Å². The molecule has 0 bridgehead atoms. The highest BCUT2D eigenvalue weighted by atomic mass is 31.2. The van der Waals surface area contributed by atoms with Gasteiger partial charge in [0.15, 0.2) is 12.2 Å². The number of unbranched alkanes of at least 4 members (excludes halogenated alkanes) is 31. The lowest BCUT2D eigenvalue weighted by Crippen LogP contribution is -2.30. The molecule has 0 aromatic rings. The van der Waals surface area contributed by atoms with Crippen LogP contribution in [0.2, 0.25) is 0 Å². The minimum absolute atomic E-state index is 0.0803. The predicted molar refractivity (Wildman–Crippen MR) is 390 cm³/mol. The molecule has 0 aliphatic carbocycles. The van der Waals surface area contributed by atoms with Crippen LogP contribution in [0.4, 0.5) is 0 Å². The van der Waals surface area contributed by atoms with Crippen LogP contribution in [0.25, 0.3) is 0 Å². The fraction of sp³-hybridized carbons (Fsp3) is 0.766. The van der Waals surface area contributed by atoms with Crippen molar-refractivity contribution in [1.29, 1.82) is 0 Å². The molecule has 96 heavy (non-hydrogen) atoms. The van der Waals surface area contributed by atoms with Gasteiger partial charge in [-0.05, 0) is 135 Å². The molecule has 0 saturated carbocycles. The van der Waals surface area contributed by atoms with Gasteiger partial charge in [-0.15, -0.1) is 0 Å². The van der Waals surface area contributed by atoms with Crippen molar-refractivity contribution < 1.29 is 80.2 Å². The molecule has 0 aromatic heterocycles. The number of hydrogen-bond donors (Lipinski definition) is 3. The van der Waals surface area contributed by atoms with Crippen LogP contribution in [0, 0.1) is 0 Å². The van der Waals surface area contributed by atoms with Crippen LogP contribution in [-0.2, 0) is 65.4 Å². The van der Waals surface area contributed by atoms with Crippen LogP contribution in [0.3, 0.4) is 0 Å². The number of carbonyl (C=O) groups is 4. The van der Waals surface area contributed by atoms with Gasteiger partial charge in [-0.3, -0.25) is 37.3 Å². The quantitative estimate of drug-likeness (QED) is 0.0169. The number of aliphatic hydroxyl groups is 1. The van der Waals surface area contributed by atoms with Crippen LogP contribution < -0.4 is 0 Å². The van der Waals surface area contributed by atoms with E-state index in [1.54, 1.807) is 0 Å². The third-order valence-corrected chi connectivity index (χ3v) is 17.7. The average Bonchev–Trinajstić information content (AvgIpc) is 2.18. The minimum atomic E-state index is -4.98. The van der Waals surface area contributed by atoms with Gasteiger partial charge < -0.3 is 33.8 Å². The summed E-state index contributed by atoms with van der Waals surface area (Å²) in [5.41, 5.74) is 0. The van der Waals surface area contributed by atoms with Crippen molar-refractivity contribution in [3.8, 4) is 0 Å². The van der Waals surface area contributed by atoms with E-state index in [0.29, 0.717) is 25.7 Å². The first-order chi connectivity index (χ1) is 46.7. The summed E-state index contributed by atoms with van der Waals surface area (Å²) >= 11 is 0. The highest BCUT2D eigenvalue weighted by Crippen LogP contribution is 2.45. The second-order valence-corrected chi connectivity index (χ2v) is 28.1. The molecule has 5 atom stereocenters. The van der Waals surface area contributed by atoms with Crippen LogP contribution in [0.5, 0.6) is 0 Å². The van der Waals surface area contributed by atoms with E-state index in [1.807, 2.05) is 0 Å². The van der Waals surface area contributed by atoms with Crippen molar-refractivity contribution in [2.45, 2.75) is 341 Å². The molecule has 19 heteroatoms. The Labute approximate surface area is 583 Å². The summed E-state index contributed by atoms with van der Waals surface area (Å²) in [6, 6.07) is 0. The van der Waals surface area contributed by atoms with Crippen molar-refractivity contribution in [1.82, 2.24) is 0 Å². The first-order valence-corrected chi connectivity index (χ1v) is 40.8. The summed E-state index contributed by atoms with van der Waals surface area (Å²) in [4.78, 5) is 72.7. The molecule has 0 fully saturated rings. The number of carbonyl (C=O) groups excluding carboxylic acids is 4. The molecule has 0 radical (unpaired) electrons. The smallest absolute Gasteiger partial charge is 0.462 e. The molecule has 5 unspecified atom stereocenters. The number of ether oxygens (including phenoxy) is 4. The first-order valence-electron chi connectivity index (χ1n) is 37.8. The van der Waals surface area contributed by atoms with E-state index in [2.05, 4.69) is 113 Å². The molecule has 0 rings (SSSR count). The van der Waals surface area contributed by atoms with Crippen molar-refractivity contribution in [2.24, 2.45) is 0 Å². The largest absolute Gasteiger partial charge is 0.472 e. The topological polar surface area (TPSA) is 237 Å². The van der Waals surface area contributed by atoms with Gasteiger partial charge in [0.25, 0.3) is 0 Å². The Bertz CT molecular complexity index is 2160. The molecule has 17 nitrogen and oxygen atoms in total. The second-order valence-electron chi connectivity index (χ2n) is 25.2. The maximum absolute atomic E-state index is 13.1. The van der Waals surface area contributed by atoms with Crippen molar-refractivity contribution in [3.05, 3.63) is 85.1 Å². The van der Waals surface area contributed by atoms with Gasteiger partial charge in [0.05, 0.1) is 26.4 Å². The SMILES string of the molecule is CC/C=C\C/C=C\C/C=C\C/C=C\CCCCCCC(=O)OCC(COP(=O)(O)OCC(O)COP(=O)(O)OCC(COC(=O)CCCCCCC/C=C\CCCCCC)OC(=O)CCCCCCC/C=C\CCCC)OC(=O)CCCCCCC/C=C\CCCCCCCC. The van der Waals surface area contributed by atoms with E-state index in [0.717, 1.165) is 167 Å². The van der Waals surface area contributed by atoms with E-state index in [1.165, 1.54) is 77.0 Å². The van der Waals surface area contributed by atoms with E-state index in [4.69, 9.17) is 37.0 Å². The van der Waals surface area contributed by atoms with Gasteiger partial charge in [-0.25, -0.2) is 9.13 Å². The summed E-state index contributed by atoms with van der Waals surface area (Å²) in [6.45, 7) is 4.66. The predicted octanol–water partition coefficient (Wildman–Crippen LogP) is 21.4. The molecular weight excluding hydrogens is 1260 g/mol. The Morgan fingerprint density at radius 2 is 0.552 bits per heavy atom. The number of allylic oxidation sites excluding steroid dienone is 14. The van der Waals surface area contributed by atoms with Crippen LogP contribution in [0.15, 0.2) is 85.1 Å². The summed E-state index contributed by atoms with van der Waals surface area (Å²) in [5.74, 6) is -2.22. The van der Waals surface area contributed by atoms with E-state index in [9.17, 15) is 43.2 Å². The zero-order valence-electron chi connectivity index (χ0n) is 60.5. The van der Waals surface area contributed by atoms with E-state index >= 15 is 0 Å². The Morgan fingerprint density at radius 1 is 0.302 bits per heavy atom. The molecule has 556 valence electrons. The average molecular weight is 1400 g/mol. The zero-order valence-corrected chi connectivity index (χ0v) is 62.3. The van der Waals surface area contributed by atoms with Gasteiger partial charge in [0.1, 0.15) is 19.3 Å². The molecule has 3 N–H and O–H groups in total. The Morgan fingerprint density at radius 3 is 0.885 bits per heavy atom. The highest BCUT2D eigenvalue weighted by molar-refractivity contribution is 7.47. The number of phosphoric acid groups is 2. The van der Waals surface area contributed by atoms with Crippen molar-refractivity contribution in [3.63, 3.8) is 0 Å². The number of rotatable bonds is 71. The number of aliphatic hydroxyl groups excluding tert-OH is 1. The van der Waals surface area contributed by atoms with E-state index < -0.39 is 97.5 Å². The standard InChI is InChI=1S/C77H136O17P2/c1-5-9-13-17-21-25-29-32-34-35-37-39-43-46-50-54-58-62-75(80)88-68-73(94-77(82)64-60-56-52-48-44-40-36-33-30-26-22-18-14-10-6-2)70-92-96(85,86)90-66-71(78)65-89-95(83,84)91-69-72(93-76(81)63-59-55-51-47-41-28-24-20-16-12-8-4)67-87-74(79)61-57-53-49-45-42-38-31-27-23-19-15-11-7-3/h9,13,20-21,24-25,27,31-34,36-37,39,71-73,78H,5-8,10-12,14-19,22-23,26,28-30,35,38,40-70H2,1-4H3,(H,83,84)(H,85,86)/b13-9-,24-20-,25-21-,31-27-,34-32-,36-33-,39-37-. The van der Waals surface area contributed by atoms with Gasteiger partial charge in [0.2, 0.25) is 0 Å². The number of phosphoric ester groups is 2. The maximum atomic E-state index is 13.1.